The molecule has 0 aromatic heterocycles. The minimum Gasteiger partial charge on any atom is -0.478 e. The molecule has 32 heavy (non-hydrogen) atoms. The standard InChI is InChI=1S/C24H20Cl3NO4/c1-24(2)10-19-22(20(29)11-24)15(14-5-3-12(25)7-18(14)27)9-21(30)28(19)13-4-6-17(26)16(8-13)23(31)32/h3-8,15H,9-11H2,1-2H3,(H,31,32). The predicted molar refractivity (Wildman–Crippen MR) is 125 cm³/mol. The zero-order valence-electron chi connectivity index (χ0n) is 17.4. The fourth-order valence-electron chi connectivity index (χ4n) is 4.58. The van der Waals surface area contributed by atoms with E-state index in [1.165, 1.54) is 17.0 Å². The number of carboxylic acids is 1. The van der Waals surface area contributed by atoms with E-state index in [1.54, 1.807) is 24.3 Å². The van der Waals surface area contributed by atoms with E-state index in [9.17, 15) is 19.5 Å². The number of nitrogens with zero attached hydrogens (tertiary/aromatic N) is 1. The number of Topliss-reactive ketones (excluding diaryl/α,β-unsaturated/α-hetero) is 1. The number of carboxylic acid groups (broad SMARTS) is 1. The highest BCUT2D eigenvalue weighted by atomic mass is 35.5. The van der Waals surface area contributed by atoms with Crippen molar-refractivity contribution >= 4 is 58.1 Å². The number of carbonyl (C=O) groups excluding carboxylic acids is 2. The molecular weight excluding hydrogens is 473 g/mol. The van der Waals surface area contributed by atoms with Crippen LogP contribution in [0, 0.1) is 5.41 Å². The van der Waals surface area contributed by atoms with Gasteiger partial charge >= 0.3 is 5.97 Å². The minimum atomic E-state index is -1.19. The quantitative estimate of drug-likeness (QED) is 0.530. The number of amides is 1. The van der Waals surface area contributed by atoms with Crippen molar-refractivity contribution in [3.8, 4) is 0 Å². The number of hydrogen-bond donors (Lipinski definition) is 1. The average Bonchev–Trinajstić information content (AvgIpc) is 2.67. The lowest BCUT2D eigenvalue weighted by Gasteiger charge is -2.43. The number of ketones is 1. The Morgan fingerprint density at radius 2 is 1.75 bits per heavy atom. The van der Waals surface area contributed by atoms with E-state index in [1.807, 2.05) is 13.8 Å². The van der Waals surface area contributed by atoms with Crippen LogP contribution in [0.15, 0.2) is 47.7 Å². The monoisotopic (exact) mass is 491 g/mol. The number of rotatable bonds is 3. The third kappa shape index (κ3) is 4.05. The molecular formula is C24H20Cl3NO4. The number of carbonyl (C=O) groups is 3. The van der Waals surface area contributed by atoms with Crippen LogP contribution in [0.25, 0.3) is 0 Å². The summed E-state index contributed by atoms with van der Waals surface area (Å²) in [5.41, 5.74) is 1.70. The van der Waals surface area contributed by atoms with E-state index in [0.717, 1.165) is 0 Å². The first-order chi connectivity index (χ1) is 15.0. The first-order valence-electron chi connectivity index (χ1n) is 10.1. The maximum Gasteiger partial charge on any atom is 0.337 e. The van der Waals surface area contributed by atoms with E-state index in [0.29, 0.717) is 45.4 Å². The van der Waals surface area contributed by atoms with Gasteiger partial charge in [-0.25, -0.2) is 4.79 Å². The highest BCUT2D eigenvalue weighted by Gasteiger charge is 2.44. The lowest BCUT2D eigenvalue weighted by atomic mass is 9.69. The molecule has 0 saturated heterocycles. The van der Waals surface area contributed by atoms with Gasteiger partial charge in [0.1, 0.15) is 0 Å². The van der Waals surface area contributed by atoms with Crippen molar-refractivity contribution in [3.63, 3.8) is 0 Å². The molecule has 1 heterocycles. The SMILES string of the molecule is CC1(C)CC(=O)C2=C(C1)N(c1ccc(Cl)c(C(=O)O)c1)C(=O)CC2c1ccc(Cl)cc1Cl. The van der Waals surface area contributed by atoms with Crippen molar-refractivity contribution in [2.75, 3.05) is 4.90 Å². The van der Waals surface area contributed by atoms with Gasteiger partial charge in [0.05, 0.1) is 10.6 Å². The predicted octanol–water partition coefficient (Wildman–Crippen LogP) is 6.51. The molecule has 2 aromatic rings. The molecule has 1 unspecified atom stereocenters. The van der Waals surface area contributed by atoms with Crippen molar-refractivity contribution in [3.05, 3.63) is 73.9 Å². The Balaban J connectivity index is 1.93. The molecule has 1 aliphatic heterocycles. The van der Waals surface area contributed by atoms with E-state index in [-0.39, 0.29) is 34.1 Å². The van der Waals surface area contributed by atoms with Gasteiger partial charge in [0.25, 0.3) is 0 Å². The van der Waals surface area contributed by atoms with Crippen molar-refractivity contribution in [1.82, 2.24) is 0 Å². The summed E-state index contributed by atoms with van der Waals surface area (Å²) in [5.74, 6) is -1.98. The van der Waals surface area contributed by atoms with Gasteiger partial charge in [-0.1, -0.05) is 54.7 Å². The molecule has 0 fully saturated rings. The summed E-state index contributed by atoms with van der Waals surface area (Å²) < 4.78 is 0. The number of benzene rings is 2. The van der Waals surface area contributed by atoms with Crippen LogP contribution in [-0.2, 0) is 9.59 Å². The zero-order chi connectivity index (χ0) is 23.4. The lowest BCUT2D eigenvalue weighted by Crippen LogP contribution is -2.43. The van der Waals surface area contributed by atoms with E-state index < -0.39 is 11.9 Å². The number of hydrogen-bond acceptors (Lipinski definition) is 3. The molecule has 8 heteroatoms. The molecule has 1 aliphatic carbocycles. The largest absolute Gasteiger partial charge is 0.478 e. The van der Waals surface area contributed by atoms with Gasteiger partial charge in [0.15, 0.2) is 5.78 Å². The molecule has 0 spiro atoms. The normalized spacial score (nSPS) is 20.4. The molecule has 2 aliphatic rings. The summed E-state index contributed by atoms with van der Waals surface area (Å²) in [6.45, 7) is 3.95. The molecule has 5 nitrogen and oxygen atoms in total. The molecule has 0 radical (unpaired) electrons. The van der Waals surface area contributed by atoms with Gasteiger partial charge in [0, 0.05) is 45.8 Å². The number of anilines is 1. The topological polar surface area (TPSA) is 74.7 Å². The molecule has 2 aromatic carbocycles. The molecule has 4 rings (SSSR count). The highest BCUT2D eigenvalue weighted by molar-refractivity contribution is 6.35. The summed E-state index contributed by atoms with van der Waals surface area (Å²) in [7, 11) is 0. The van der Waals surface area contributed by atoms with Crippen LogP contribution >= 0.6 is 34.8 Å². The van der Waals surface area contributed by atoms with E-state index in [2.05, 4.69) is 0 Å². The van der Waals surface area contributed by atoms with Crippen LogP contribution in [0.5, 0.6) is 0 Å². The molecule has 0 bridgehead atoms. The second kappa shape index (κ2) is 8.22. The Bertz CT molecular complexity index is 1200. The van der Waals surface area contributed by atoms with Crippen LogP contribution in [-0.4, -0.2) is 22.8 Å². The molecule has 0 saturated carbocycles. The summed E-state index contributed by atoms with van der Waals surface area (Å²) in [5, 5.41) is 10.4. The summed E-state index contributed by atoms with van der Waals surface area (Å²) in [4.78, 5) is 39.8. The van der Waals surface area contributed by atoms with Crippen molar-refractivity contribution in [2.24, 2.45) is 5.41 Å². The Morgan fingerprint density at radius 1 is 1.03 bits per heavy atom. The van der Waals surface area contributed by atoms with E-state index in [4.69, 9.17) is 34.8 Å². The van der Waals surface area contributed by atoms with Gasteiger partial charge < -0.3 is 5.11 Å². The third-order valence-corrected chi connectivity index (χ3v) is 6.81. The first kappa shape index (κ1) is 22.8. The Morgan fingerprint density at radius 3 is 2.41 bits per heavy atom. The van der Waals surface area contributed by atoms with Gasteiger partial charge in [-0.2, -0.15) is 0 Å². The fraction of sp³-hybridized carbons (Fsp3) is 0.292. The zero-order valence-corrected chi connectivity index (χ0v) is 19.7. The highest BCUT2D eigenvalue weighted by Crippen LogP contribution is 2.49. The van der Waals surface area contributed by atoms with Gasteiger partial charge in [-0.05, 0) is 47.7 Å². The van der Waals surface area contributed by atoms with Crippen LogP contribution in [0.4, 0.5) is 5.69 Å². The average molecular weight is 493 g/mol. The number of halogens is 3. The van der Waals surface area contributed by atoms with Gasteiger partial charge in [-0.3, -0.25) is 14.5 Å². The second-order valence-electron chi connectivity index (χ2n) is 8.92. The van der Waals surface area contributed by atoms with Crippen LogP contribution in [0.1, 0.15) is 54.9 Å². The van der Waals surface area contributed by atoms with Crippen molar-refractivity contribution in [2.45, 2.75) is 39.0 Å². The first-order valence-corrected chi connectivity index (χ1v) is 11.2. The van der Waals surface area contributed by atoms with E-state index >= 15 is 0 Å². The summed E-state index contributed by atoms with van der Waals surface area (Å²) >= 11 is 18.5. The summed E-state index contributed by atoms with van der Waals surface area (Å²) in [6, 6.07) is 9.46. The van der Waals surface area contributed by atoms with Crippen molar-refractivity contribution in [1.29, 1.82) is 0 Å². The number of aromatic carboxylic acids is 1. The Kier molecular flexibility index (Phi) is 5.86. The summed E-state index contributed by atoms with van der Waals surface area (Å²) in [6.07, 6.45) is 0.848. The lowest BCUT2D eigenvalue weighted by molar-refractivity contribution is -0.121. The number of allylic oxidation sites excluding steroid dienone is 2. The maximum absolute atomic E-state index is 13.4. The smallest absolute Gasteiger partial charge is 0.337 e. The molecule has 1 amide bonds. The second-order valence-corrected chi connectivity index (χ2v) is 10.2. The minimum absolute atomic E-state index is 0.0252. The Hall–Kier alpha value is -2.34. The maximum atomic E-state index is 13.4. The van der Waals surface area contributed by atoms with Crippen LogP contribution < -0.4 is 4.90 Å². The van der Waals surface area contributed by atoms with Gasteiger partial charge in [0.2, 0.25) is 5.91 Å². The van der Waals surface area contributed by atoms with Crippen LogP contribution in [0.3, 0.4) is 0 Å². The molecule has 1 atom stereocenters. The molecule has 166 valence electrons. The van der Waals surface area contributed by atoms with Gasteiger partial charge in [-0.15, -0.1) is 0 Å². The molecule has 1 N–H and O–H groups in total. The third-order valence-electron chi connectivity index (χ3n) is 5.92. The van der Waals surface area contributed by atoms with Crippen molar-refractivity contribution < 1.29 is 19.5 Å². The Labute approximate surface area is 200 Å². The van der Waals surface area contributed by atoms with Crippen LogP contribution in [0.2, 0.25) is 15.1 Å². The fourth-order valence-corrected chi connectivity index (χ4v) is 5.32.